The van der Waals surface area contributed by atoms with E-state index in [4.69, 9.17) is 5.11 Å². The molecule has 0 radical (unpaired) electrons. The summed E-state index contributed by atoms with van der Waals surface area (Å²) in [6.07, 6.45) is -4.12. The Labute approximate surface area is 136 Å². The molecule has 0 aliphatic carbocycles. The molecule has 1 rings (SSSR count). The summed E-state index contributed by atoms with van der Waals surface area (Å²) in [5, 5.41) is 40.4. The standard InChI is InChI=1S/C11H21NO9S2/c1-6(15)12-7-4-22(10(3-14)11(7)17)5-8(16)9(2-13)21-23(18,19)20/h7-11,13-14,16-17H,2-5H2,1H3,(H-,12,15,18,19,20)/t7-,8-,9+,10-,11+,22?/m1/s1. The Hall–Kier alpha value is -0.470. The van der Waals surface area contributed by atoms with Crippen LogP contribution in [0.15, 0.2) is 0 Å². The molecule has 0 aromatic heterocycles. The highest BCUT2D eigenvalue weighted by molar-refractivity contribution is 7.97. The fourth-order valence-electron chi connectivity index (χ4n) is 2.40. The lowest BCUT2D eigenvalue weighted by atomic mass is 10.1. The predicted octanol–water partition coefficient (Wildman–Crippen LogP) is -3.96. The number of carbonyl (C=O) groups excluding carboxylic acids is 1. The summed E-state index contributed by atoms with van der Waals surface area (Å²) < 4.78 is 35.8. The Morgan fingerprint density at radius 3 is 2.52 bits per heavy atom. The van der Waals surface area contributed by atoms with Gasteiger partial charge >= 0.3 is 0 Å². The molecule has 0 aromatic rings. The number of aliphatic hydroxyl groups excluding tert-OH is 4. The molecule has 12 heteroatoms. The lowest BCUT2D eigenvalue weighted by Gasteiger charge is -2.22. The van der Waals surface area contributed by atoms with Gasteiger partial charge in [0, 0.05) is 17.8 Å². The zero-order valence-electron chi connectivity index (χ0n) is 12.4. The van der Waals surface area contributed by atoms with Crippen molar-refractivity contribution in [3.8, 4) is 0 Å². The average molecular weight is 375 g/mol. The SMILES string of the molecule is CC(=O)N[C@@H]1C[S+](C[C@@H](O)[C@H](CO)OS(=O)(=O)[O-])[C@H](CO)[C@H]1O. The molecule has 1 fully saturated rings. The summed E-state index contributed by atoms with van der Waals surface area (Å²) in [5.41, 5.74) is 0. The predicted molar refractivity (Wildman–Crippen MR) is 79.2 cm³/mol. The van der Waals surface area contributed by atoms with Crippen LogP contribution in [-0.4, -0.2) is 93.6 Å². The van der Waals surface area contributed by atoms with Crippen molar-refractivity contribution < 1.29 is 42.4 Å². The normalized spacial score (nSPS) is 30.9. The van der Waals surface area contributed by atoms with Gasteiger partial charge in [-0.25, -0.2) is 8.42 Å². The molecule has 1 amide bonds. The van der Waals surface area contributed by atoms with Gasteiger partial charge in [0.05, 0.1) is 13.2 Å². The van der Waals surface area contributed by atoms with Gasteiger partial charge in [-0.05, 0) is 0 Å². The van der Waals surface area contributed by atoms with Crippen LogP contribution in [0.4, 0.5) is 0 Å². The third-order valence-electron chi connectivity index (χ3n) is 3.42. The quantitative estimate of drug-likeness (QED) is 0.161. The van der Waals surface area contributed by atoms with Crippen molar-refractivity contribution in [2.24, 2.45) is 0 Å². The summed E-state index contributed by atoms with van der Waals surface area (Å²) in [7, 11) is -5.87. The van der Waals surface area contributed by atoms with E-state index in [1.807, 2.05) is 0 Å². The van der Waals surface area contributed by atoms with Crippen molar-refractivity contribution in [1.82, 2.24) is 5.32 Å². The van der Waals surface area contributed by atoms with Crippen LogP contribution in [0.1, 0.15) is 6.92 Å². The van der Waals surface area contributed by atoms with Crippen LogP contribution in [0.25, 0.3) is 0 Å². The van der Waals surface area contributed by atoms with Crippen molar-refractivity contribution >= 4 is 27.2 Å². The Morgan fingerprint density at radius 2 is 2.09 bits per heavy atom. The van der Waals surface area contributed by atoms with E-state index in [0.29, 0.717) is 0 Å². The highest BCUT2D eigenvalue weighted by atomic mass is 32.3. The van der Waals surface area contributed by atoms with E-state index in [9.17, 15) is 33.1 Å². The molecule has 0 bridgehead atoms. The maximum absolute atomic E-state index is 11.1. The van der Waals surface area contributed by atoms with Crippen LogP contribution < -0.4 is 5.32 Å². The van der Waals surface area contributed by atoms with Crippen molar-refractivity contribution in [2.45, 2.75) is 36.5 Å². The van der Waals surface area contributed by atoms with Crippen molar-refractivity contribution in [3.63, 3.8) is 0 Å². The van der Waals surface area contributed by atoms with Gasteiger partial charge in [0.25, 0.3) is 0 Å². The molecule has 6 atom stereocenters. The van der Waals surface area contributed by atoms with Gasteiger partial charge in [0.2, 0.25) is 16.3 Å². The second-order valence-electron chi connectivity index (χ2n) is 5.18. The summed E-state index contributed by atoms with van der Waals surface area (Å²) >= 11 is 0. The van der Waals surface area contributed by atoms with Crippen LogP contribution in [0.2, 0.25) is 0 Å². The Balaban J connectivity index is 2.75. The first kappa shape index (κ1) is 20.6. The van der Waals surface area contributed by atoms with Crippen molar-refractivity contribution in [1.29, 1.82) is 0 Å². The minimum Gasteiger partial charge on any atom is -0.726 e. The Kier molecular flexibility index (Phi) is 7.67. The maximum atomic E-state index is 11.1. The summed E-state index contributed by atoms with van der Waals surface area (Å²) in [4.78, 5) is 11.1. The first-order valence-corrected chi connectivity index (χ1v) is 9.70. The fourth-order valence-corrected chi connectivity index (χ4v) is 5.71. The largest absolute Gasteiger partial charge is 0.726 e. The van der Waals surface area contributed by atoms with Gasteiger partial charge in [-0.3, -0.25) is 8.98 Å². The highest BCUT2D eigenvalue weighted by Gasteiger charge is 2.51. The molecule has 1 heterocycles. The number of hydrogen-bond acceptors (Lipinski definition) is 9. The van der Waals surface area contributed by atoms with Gasteiger partial charge in [0.15, 0.2) is 5.25 Å². The van der Waals surface area contributed by atoms with Gasteiger partial charge in [-0.1, -0.05) is 0 Å². The second-order valence-corrected chi connectivity index (χ2v) is 8.54. The number of amides is 1. The van der Waals surface area contributed by atoms with E-state index in [1.165, 1.54) is 6.92 Å². The van der Waals surface area contributed by atoms with Gasteiger partial charge < -0.3 is 30.3 Å². The van der Waals surface area contributed by atoms with E-state index in [2.05, 4.69) is 9.50 Å². The van der Waals surface area contributed by atoms with Crippen molar-refractivity contribution in [3.05, 3.63) is 0 Å². The molecule has 0 aromatic carbocycles. The summed E-state index contributed by atoms with van der Waals surface area (Å²) in [6.45, 7) is -0.000408. The molecule has 0 saturated carbocycles. The zero-order chi connectivity index (χ0) is 17.8. The monoisotopic (exact) mass is 375 g/mol. The third kappa shape index (κ3) is 6.15. The minimum absolute atomic E-state index is 0.0981. The molecule has 23 heavy (non-hydrogen) atoms. The fraction of sp³-hybridized carbons (Fsp3) is 0.909. The Bertz CT molecular complexity index is 500. The molecule has 136 valence electrons. The molecular formula is C11H21NO9S2. The summed E-state index contributed by atoms with van der Waals surface area (Å²) in [6, 6.07) is -0.600. The van der Waals surface area contributed by atoms with E-state index in [1.54, 1.807) is 0 Å². The zero-order valence-corrected chi connectivity index (χ0v) is 14.0. The van der Waals surface area contributed by atoms with E-state index < -0.39 is 64.1 Å². The second kappa shape index (κ2) is 8.58. The molecule has 10 nitrogen and oxygen atoms in total. The van der Waals surface area contributed by atoms with Crippen LogP contribution in [0.5, 0.6) is 0 Å². The molecule has 0 spiro atoms. The van der Waals surface area contributed by atoms with Gasteiger partial charge in [0.1, 0.15) is 35.9 Å². The average Bonchev–Trinajstić information content (AvgIpc) is 2.70. The molecule has 5 N–H and O–H groups in total. The van der Waals surface area contributed by atoms with E-state index in [0.717, 1.165) is 0 Å². The van der Waals surface area contributed by atoms with Gasteiger partial charge in [-0.15, -0.1) is 0 Å². The molecule has 1 saturated heterocycles. The molecule has 1 aliphatic heterocycles. The number of hydrogen-bond donors (Lipinski definition) is 5. The molecule has 1 aliphatic rings. The maximum Gasteiger partial charge on any atom is 0.218 e. The number of nitrogens with one attached hydrogen (secondary N) is 1. The van der Waals surface area contributed by atoms with Crippen LogP contribution in [0.3, 0.4) is 0 Å². The highest BCUT2D eigenvalue weighted by Crippen LogP contribution is 2.25. The lowest BCUT2D eigenvalue weighted by molar-refractivity contribution is -0.120. The number of carbonyl (C=O) groups is 1. The van der Waals surface area contributed by atoms with Gasteiger partial charge in [-0.2, -0.15) is 0 Å². The minimum atomic E-state index is -5.09. The van der Waals surface area contributed by atoms with Crippen LogP contribution >= 0.6 is 0 Å². The number of rotatable bonds is 8. The summed E-state index contributed by atoms with van der Waals surface area (Å²) in [5.74, 6) is -0.185. The first-order valence-electron chi connectivity index (χ1n) is 6.74. The Morgan fingerprint density at radius 1 is 1.48 bits per heavy atom. The first-order chi connectivity index (χ1) is 10.6. The van der Waals surface area contributed by atoms with E-state index >= 15 is 0 Å². The topological polar surface area (TPSA) is 176 Å². The van der Waals surface area contributed by atoms with Crippen molar-refractivity contribution in [2.75, 3.05) is 24.7 Å². The third-order valence-corrected chi connectivity index (χ3v) is 6.74. The molecular weight excluding hydrogens is 354 g/mol. The van der Waals surface area contributed by atoms with Crippen LogP contribution in [-0.2, 0) is 30.3 Å². The smallest absolute Gasteiger partial charge is 0.218 e. The van der Waals surface area contributed by atoms with E-state index in [-0.39, 0.29) is 17.4 Å². The van der Waals surface area contributed by atoms with Crippen LogP contribution in [0, 0.1) is 0 Å². The number of aliphatic hydroxyl groups is 4. The lowest BCUT2D eigenvalue weighted by Crippen LogP contribution is -2.44. The molecule has 1 unspecified atom stereocenters.